The zero-order valence-electron chi connectivity index (χ0n) is 17.5. The highest BCUT2D eigenvalue weighted by atomic mass is 35.5. The topological polar surface area (TPSA) is 53.4 Å². The summed E-state index contributed by atoms with van der Waals surface area (Å²) in [7, 11) is 0. The molecule has 0 aliphatic carbocycles. The van der Waals surface area contributed by atoms with Crippen LogP contribution in [0.3, 0.4) is 0 Å². The minimum absolute atomic E-state index is 0.663. The summed E-state index contributed by atoms with van der Waals surface area (Å²) >= 11 is 6.08. The summed E-state index contributed by atoms with van der Waals surface area (Å²) in [6.45, 7) is 3.47. The number of aliphatic hydroxyl groups is 2. The van der Waals surface area contributed by atoms with Crippen LogP contribution < -0.4 is 0 Å². The highest BCUT2D eigenvalue weighted by Gasteiger charge is 2.18. The summed E-state index contributed by atoms with van der Waals surface area (Å²) in [5.41, 5.74) is 3.98. The Bertz CT molecular complexity index is 1260. The molecule has 0 bridgehead atoms. The average molecular weight is 430 g/mol. The fraction of sp³-hybridized carbons (Fsp3) is 0.148. The Morgan fingerprint density at radius 3 is 2.35 bits per heavy atom. The average Bonchev–Trinajstić information content (AvgIpc) is 2.76. The molecule has 0 saturated carbocycles. The summed E-state index contributed by atoms with van der Waals surface area (Å²) in [6.07, 6.45) is 3.14. The van der Waals surface area contributed by atoms with E-state index in [9.17, 15) is 10.2 Å². The second kappa shape index (κ2) is 8.64. The number of hydrogen-bond donors (Lipinski definition) is 2. The lowest BCUT2D eigenvalue weighted by Crippen LogP contribution is -2.16. The monoisotopic (exact) mass is 429 g/mol. The van der Waals surface area contributed by atoms with Crippen molar-refractivity contribution >= 4 is 34.7 Å². The zero-order valence-corrected chi connectivity index (χ0v) is 18.2. The van der Waals surface area contributed by atoms with Crippen LogP contribution in [0.25, 0.3) is 23.1 Å². The third kappa shape index (κ3) is 5.02. The van der Waals surface area contributed by atoms with E-state index >= 15 is 0 Å². The van der Waals surface area contributed by atoms with Crippen molar-refractivity contribution in [1.82, 2.24) is 4.98 Å². The van der Waals surface area contributed by atoms with Gasteiger partial charge in [0.25, 0.3) is 0 Å². The lowest BCUT2D eigenvalue weighted by molar-refractivity contribution is 0.0783. The number of rotatable bonds is 5. The van der Waals surface area contributed by atoms with Crippen molar-refractivity contribution in [2.24, 2.45) is 0 Å². The van der Waals surface area contributed by atoms with Gasteiger partial charge in [-0.1, -0.05) is 72.3 Å². The molecule has 0 spiro atoms. The maximum atomic E-state index is 10.9. The third-order valence-corrected chi connectivity index (χ3v) is 5.49. The van der Waals surface area contributed by atoms with E-state index in [1.165, 1.54) is 0 Å². The van der Waals surface area contributed by atoms with E-state index in [0.29, 0.717) is 5.02 Å². The Hall–Kier alpha value is -2.98. The van der Waals surface area contributed by atoms with Crippen LogP contribution in [0.1, 0.15) is 47.9 Å². The van der Waals surface area contributed by atoms with Gasteiger partial charge in [0.1, 0.15) is 6.10 Å². The van der Waals surface area contributed by atoms with Gasteiger partial charge in [-0.3, -0.25) is 0 Å². The zero-order chi connectivity index (χ0) is 22.0. The number of nitrogens with zero attached hydrogens (tertiary/aromatic N) is 1. The van der Waals surface area contributed by atoms with Gasteiger partial charge in [-0.25, -0.2) is 4.98 Å². The summed E-state index contributed by atoms with van der Waals surface area (Å²) in [5.74, 6) is 0. The van der Waals surface area contributed by atoms with Gasteiger partial charge in [0.2, 0.25) is 0 Å². The van der Waals surface area contributed by atoms with E-state index in [1.54, 1.807) is 13.8 Å². The maximum Gasteiger partial charge on any atom is 0.104 e. The second-order valence-corrected chi connectivity index (χ2v) is 8.60. The Morgan fingerprint density at radius 2 is 1.58 bits per heavy atom. The fourth-order valence-corrected chi connectivity index (χ4v) is 3.66. The largest absolute Gasteiger partial charge is 0.386 e. The van der Waals surface area contributed by atoms with Crippen molar-refractivity contribution in [2.45, 2.75) is 25.6 Å². The molecule has 4 aromatic rings. The highest BCUT2D eigenvalue weighted by molar-refractivity contribution is 6.31. The Kier molecular flexibility index (Phi) is 5.92. The van der Waals surface area contributed by atoms with Crippen LogP contribution in [0.5, 0.6) is 0 Å². The van der Waals surface area contributed by atoms with Crippen LogP contribution in [-0.4, -0.2) is 15.2 Å². The first-order valence-corrected chi connectivity index (χ1v) is 10.5. The molecule has 4 heteroatoms. The highest BCUT2D eigenvalue weighted by Crippen LogP contribution is 2.27. The fourth-order valence-electron chi connectivity index (χ4n) is 3.50. The molecular weight excluding hydrogens is 406 g/mol. The van der Waals surface area contributed by atoms with Gasteiger partial charge in [-0.05, 0) is 66.4 Å². The van der Waals surface area contributed by atoms with Gasteiger partial charge in [0.15, 0.2) is 0 Å². The molecular formula is C27H24ClNO2. The molecule has 0 aliphatic rings. The quantitative estimate of drug-likeness (QED) is 0.387. The molecule has 1 unspecified atom stereocenters. The molecule has 0 fully saturated rings. The SMILES string of the molecule is CC(C)(O)c1cccc(C(O)c2cccc(/C=C/c3ccc4ccc(Cl)cc4n3)c2)c1. The van der Waals surface area contributed by atoms with Gasteiger partial charge < -0.3 is 10.2 Å². The van der Waals surface area contributed by atoms with Crippen molar-refractivity contribution in [3.63, 3.8) is 0 Å². The van der Waals surface area contributed by atoms with E-state index in [0.717, 1.165) is 38.9 Å². The Balaban J connectivity index is 1.58. The summed E-state index contributed by atoms with van der Waals surface area (Å²) in [6, 6.07) is 24.8. The Morgan fingerprint density at radius 1 is 0.871 bits per heavy atom. The lowest BCUT2D eigenvalue weighted by Gasteiger charge is -2.20. The molecule has 0 saturated heterocycles. The summed E-state index contributed by atoms with van der Waals surface area (Å²) in [4.78, 5) is 4.64. The van der Waals surface area contributed by atoms with Gasteiger partial charge in [-0.15, -0.1) is 0 Å². The van der Waals surface area contributed by atoms with E-state index in [-0.39, 0.29) is 0 Å². The first-order chi connectivity index (χ1) is 14.8. The molecule has 1 aromatic heterocycles. The molecule has 31 heavy (non-hydrogen) atoms. The second-order valence-electron chi connectivity index (χ2n) is 8.16. The van der Waals surface area contributed by atoms with Crippen molar-refractivity contribution in [3.8, 4) is 0 Å². The van der Waals surface area contributed by atoms with E-state index in [4.69, 9.17) is 11.6 Å². The number of halogens is 1. The maximum absolute atomic E-state index is 10.9. The normalized spacial score (nSPS) is 13.1. The van der Waals surface area contributed by atoms with Crippen LogP contribution in [0.15, 0.2) is 78.9 Å². The molecule has 0 radical (unpaired) electrons. The van der Waals surface area contributed by atoms with Crippen LogP contribution in [0.4, 0.5) is 0 Å². The first-order valence-electron chi connectivity index (χ1n) is 10.1. The molecule has 3 nitrogen and oxygen atoms in total. The van der Waals surface area contributed by atoms with Crippen LogP contribution in [-0.2, 0) is 5.60 Å². The molecule has 156 valence electrons. The number of aromatic nitrogens is 1. The van der Waals surface area contributed by atoms with Crippen molar-refractivity contribution in [1.29, 1.82) is 0 Å². The molecule has 2 N–H and O–H groups in total. The van der Waals surface area contributed by atoms with Crippen LogP contribution in [0, 0.1) is 0 Å². The molecule has 0 aliphatic heterocycles. The minimum Gasteiger partial charge on any atom is -0.386 e. The molecule has 4 rings (SSSR count). The molecule has 1 heterocycles. The van der Waals surface area contributed by atoms with Crippen molar-refractivity contribution in [2.75, 3.05) is 0 Å². The van der Waals surface area contributed by atoms with Gasteiger partial charge in [0, 0.05) is 10.4 Å². The molecule has 0 amide bonds. The number of fused-ring (bicyclic) bond motifs is 1. The smallest absolute Gasteiger partial charge is 0.104 e. The number of aliphatic hydroxyl groups excluding tert-OH is 1. The lowest BCUT2D eigenvalue weighted by atomic mass is 9.93. The van der Waals surface area contributed by atoms with E-state index in [1.807, 2.05) is 91.0 Å². The van der Waals surface area contributed by atoms with Crippen LogP contribution in [0.2, 0.25) is 5.02 Å². The molecule has 1 atom stereocenters. The van der Waals surface area contributed by atoms with Crippen molar-refractivity contribution in [3.05, 3.63) is 112 Å². The van der Waals surface area contributed by atoms with E-state index in [2.05, 4.69) is 4.98 Å². The standard InChI is InChI=1S/C27H24ClNO2/c1-27(2,31)22-8-4-7-21(16-22)26(30)20-6-3-5-18(15-20)9-13-24-14-11-19-10-12-23(28)17-25(19)29-24/h3-17,26,30-31H,1-2H3/b13-9+. The van der Waals surface area contributed by atoms with Crippen LogP contribution >= 0.6 is 11.6 Å². The summed E-state index contributed by atoms with van der Waals surface area (Å²) in [5, 5.41) is 22.9. The number of pyridine rings is 1. The minimum atomic E-state index is -0.961. The number of hydrogen-bond acceptors (Lipinski definition) is 3. The van der Waals surface area contributed by atoms with Crippen molar-refractivity contribution < 1.29 is 10.2 Å². The van der Waals surface area contributed by atoms with E-state index < -0.39 is 11.7 Å². The third-order valence-electron chi connectivity index (χ3n) is 5.26. The van der Waals surface area contributed by atoms with Gasteiger partial charge in [-0.2, -0.15) is 0 Å². The van der Waals surface area contributed by atoms with Gasteiger partial charge in [0.05, 0.1) is 16.8 Å². The predicted molar refractivity (Wildman–Crippen MR) is 128 cm³/mol. The summed E-state index contributed by atoms with van der Waals surface area (Å²) < 4.78 is 0. The predicted octanol–water partition coefficient (Wildman–Crippen LogP) is 6.37. The van der Waals surface area contributed by atoms with Gasteiger partial charge >= 0.3 is 0 Å². The Labute approximate surface area is 187 Å². The first kappa shape index (κ1) is 21.3. The molecule has 3 aromatic carbocycles. The number of benzene rings is 3.